The van der Waals surface area contributed by atoms with Gasteiger partial charge in [-0.1, -0.05) is 96.2 Å². The Hall–Kier alpha value is -4.20. The molecule has 6 nitrogen and oxygen atoms in total. The average molecular weight is 538 g/mol. The maximum atomic E-state index is 12.6. The van der Waals surface area contributed by atoms with Gasteiger partial charge >= 0.3 is 0 Å². The van der Waals surface area contributed by atoms with Crippen LogP contribution in [0.4, 0.5) is 0 Å². The van der Waals surface area contributed by atoms with E-state index in [0.29, 0.717) is 16.0 Å². The fourth-order valence-electron chi connectivity index (χ4n) is 3.87. The number of hydrogen-bond donors (Lipinski definition) is 1. The van der Waals surface area contributed by atoms with E-state index in [-0.39, 0.29) is 11.7 Å². The van der Waals surface area contributed by atoms with Crippen LogP contribution in [0.15, 0.2) is 119 Å². The predicted molar refractivity (Wildman–Crippen MR) is 155 cm³/mol. The van der Waals surface area contributed by atoms with Crippen molar-refractivity contribution in [2.24, 2.45) is 5.10 Å². The van der Waals surface area contributed by atoms with Crippen LogP contribution in [0.1, 0.15) is 12.5 Å². The summed E-state index contributed by atoms with van der Waals surface area (Å²) in [6.07, 6.45) is 0. The molecule has 5 aromatic rings. The maximum absolute atomic E-state index is 12.6. The van der Waals surface area contributed by atoms with Crippen LogP contribution in [0, 0.1) is 0 Å². The molecule has 4 aromatic carbocycles. The van der Waals surface area contributed by atoms with Gasteiger partial charge in [0.1, 0.15) is 0 Å². The molecule has 1 N–H and O–H groups in total. The summed E-state index contributed by atoms with van der Waals surface area (Å²) < 4.78 is 1.93. The number of para-hydroxylation sites is 1. The highest BCUT2D eigenvalue weighted by Gasteiger charge is 2.17. The molecule has 0 spiro atoms. The minimum Gasteiger partial charge on any atom is -0.272 e. The normalized spacial score (nSPS) is 11.4. The molecule has 0 atom stereocenters. The van der Waals surface area contributed by atoms with Crippen LogP contribution in [0.2, 0.25) is 5.02 Å². The third kappa shape index (κ3) is 6.02. The molecule has 38 heavy (non-hydrogen) atoms. The second kappa shape index (κ2) is 11.9. The Bertz CT molecular complexity index is 1550. The second-order valence-electron chi connectivity index (χ2n) is 8.45. The van der Waals surface area contributed by atoms with Gasteiger partial charge in [0.25, 0.3) is 5.91 Å². The second-order valence-corrected chi connectivity index (χ2v) is 9.83. The van der Waals surface area contributed by atoms with Crippen molar-refractivity contribution in [2.75, 3.05) is 5.75 Å². The molecular weight excluding hydrogens is 514 g/mol. The molecule has 0 aliphatic rings. The zero-order chi connectivity index (χ0) is 26.3. The van der Waals surface area contributed by atoms with Crippen LogP contribution < -0.4 is 5.43 Å². The van der Waals surface area contributed by atoms with Crippen LogP contribution in [0.25, 0.3) is 28.2 Å². The molecule has 0 saturated carbocycles. The number of thioether (sulfide) groups is 1. The number of nitrogens with one attached hydrogen (secondary N) is 1. The fraction of sp³-hybridized carbons (Fsp3) is 0.0667. The summed E-state index contributed by atoms with van der Waals surface area (Å²) in [5.41, 5.74) is 8.38. The third-order valence-electron chi connectivity index (χ3n) is 5.84. The summed E-state index contributed by atoms with van der Waals surface area (Å²) >= 11 is 7.36. The maximum Gasteiger partial charge on any atom is 0.250 e. The molecule has 0 fully saturated rings. The number of hydrazone groups is 1. The van der Waals surface area contributed by atoms with Crippen molar-refractivity contribution in [3.63, 3.8) is 0 Å². The van der Waals surface area contributed by atoms with Gasteiger partial charge in [-0.05, 0) is 60.0 Å². The van der Waals surface area contributed by atoms with E-state index in [1.807, 2.05) is 96.4 Å². The highest BCUT2D eigenvalue weighted by molar-refractivity contribution is 7.99. The van der Waals surface area contributed by atoms with E-state index < -0.39 is 0 Å². The van der Waals surface area contributed by atoms with E-state index in [4.69, 9.17) is 11.6 Å². The van der Waals surface area contributed by atoms with Crippen molar-refractivity contribution in [3.8, 4) is 28.2 Å². The van der Waals surface area contributed by atoms with Crippen LogP contribution in [0.3, 0.4) is 0 Å². The predicted octanol–water partition coefficient (Wildman–Crippen LogP) is 6.89. The number of carbonyl (C=O) groups is 1. The summed E-state index contributed by atoms with van der Waals surface area (Å²) in [6, 6.07) is 35.5. The Morgan fingerprint density at radius 3 is 2.11 bits per heavy atom. The van der Waals surface area contributed by atoms with Gasteiger partial charge in [-0.25, -0.2) is 5.43 Å². The molecular formula is C30H24ClN5OS. The van der Waals surface area contributed by atoms with Crippen LogP contribution in [-0.4, -0.2) is 32.1 Å². The van der Waals surface area contributed by atoms with Gasteiger partial charge in [0, 0.05) is 16.3 Å². The zero-order valence-corrected chi connectivity index (χ0v) is 22.2. The molecule has 188 valence electrons. The summed E-state index contributed by atoms with van der Waals surface area (Å²) in [5, 5.41) is 14.3. The minimum absolute atomic E-state index is 0.134. The standard InChI is InChI=1S/C30H24ClN5OS/c1-21(22-12-14-24(15-13-22)23-8-4-2-5-9-23)32-33-28(37)20-38-30-35-34-29(25-16-18-26(31)19-17-25)36(30)27-10-6-3-7-11-27/h2-19H,20H2,1H3,(H,33,37)/b32-21+. The number of rotatable bonds is 8. The van der Waals surface area contributed by atoms with Crippen molar-refractivity contribution in [1.29, 1.82) is 0 Å². The monoisotopic (exact) mass is 537 g/mol. The number of benzene rings is 4. The molecule has 1 amide bonds. The van der Waals surface area contributed by atoms with Crippen LogP contribution in [0.5, 0.6) is 0 Å². The molecule has 0 bridgehead atoms. The Morgan fingerprint density at radius 2 is 1.42 bits per heavy atom. The zero-order valence-electron chi connectivity index (χ0n) is 20.6. The smallest absolute Gasteiger partial charge is 0.250 e. The van der Waals surface area contributed by atoms with Gasteiger partial charge in [0.15, 0.2) is 11.0 Å². The lowest BCUT2D eigenvalue weighted by molar-refractivity contribution is -0.118. The van der Waals surface area contributed by atoms with Crippen molar-refractivity contribution < 1.29 is 4.79 Å². The quantitative estimate of drug-likeness (QED) is 0.133. The van der Waals surface area contributed by atoms with Crippen molar-refractivity contribution in [1.82, 2.24) is 20.2 Å². The fourth-order valence-corrected chi connectivity index (χ4v) is 4.74. The van der Waals surface area contributed by atoms with E-state index in [1.54, 1.807) is 0 Å². The number of aromatic nitrogens is 3. The Kier molecular flexibility index (Phi) is 7.97. The highest BCUT2D eigenvalue weighted by atomic mass is 35.5. The van der Waals surface area contributed by atoms with E-state index in [9.17, 15) is 4.79 Å². The molecule has 0 saturated heterocycles. The van der Waals surface area contributed by atoms with Gasteiger partial charge in [-0.15, -0.1) is 10.2 Å². The number of amides is 1. The van der Waals surface area contributed by atoms with Gasteiger partial charge < -0.3 is 0 Å². The van der Waals surface area contributed by atoms with E-state index in [2.05, 4.69) is 45.0 Å². The molecule has 5 rings (SSSR count). The van der Waals surface area contributed by atoms with Crippen molar-refractivity contribution >= 4 is 35.0 Å². The summed E-state index contributed by atoms with van der Waals surface area (Å²) in [7, 11) is 0. The first-order chi connectivity index (χ1) is 18.6. The summed E-state index contributed by atoms with van der Waals surface area (Å²) in [5.74, 6) is 0.574. The molecule has 8 heteroatoms. The lowest BCUT2D eigenvalue weighted by Crippen LogP contribution is -2.21. The van der Waals surface area contributed by atoms with Gasteiger partial charge in [-0.3, -0.25) is 9.36 Å². The highest BCUT2D eigenvalue weighted by Crippen LogP contribution is 2.28. The minimum atomic E-state index is -0.231. The topological polar surface area (TPSA) is 72.2 Å². The van der Waals surface area contributed by atoms with Crippen LogP contribution >= 0.6 is 23.4 Å². The number of hydrogen-bond acceptors (Lipinski definition) is 5. The van der Waals surface area contributed by atoms with Gasteiger partial charge in [0.2, 0.25) is 0 Å². The third-order valence-corrected chi connectivity index (χ3v) is 7.02. The van der Waals surface area contributed by atoms with Gasteiger partial charge in [-0.2, -0.15) is 5.10 Å². The van der Waals surface area contributed by atoms with Crippen molar-refractivity contribution in [3.05, 3.63) is 120 Å². The van der Waals surface area contributed by atoms with E-state index in [1.165, 1.54) is 11.8 Å². The first kappa shape index (κ1) is 25.4. The largest absolute Gasteiger partial charge is 0.272 e. The Morgan fingerprint density at radius 1 is 0.816 bits per heavy atom. The SMILES string of the molecule is C/C(=N\NC(=O)CSc1nnc(-c2ccc(Cl)cc2)n1-c1ccccc1)c1ccc(-c2ccccc2)cc1. The molecule has 0 aliphatic heterocycles. The lowest BCUT2D eigenvalue weighted by atomic mass is 10.0. The Labute approximate surface area is 230 Å². The molecule has 0 radical (unpaired) electrons. The summed E-state index contributed by atoms with van der Waals surface area (Å²) in [6.45, 7) is 1.87. The average Bonchev–Trinajstić information content (AvgIpc) is 3.40. The van der Waals surface area contributed by atoms with Gasteiger partial charge in [0.05, 0.1) is 11.5 Å². The lowest BCUT2D eigenvalue weighted by Gasteiger charge is -2.10. The molecule has 1 aromatic heterocycles. The number of carbonyl (C=O) groups excluding carboxylic acids is 1. The van der Waals surface area contributed by atoms with E-state index in [0.717, 1.165) is 33.7 Å². The molecule has 1 heterocycles. The first-order valence-electron chi connectivity index (χ1n) is 12.0. The van der Waals surface area contributed by atoms with E-state index >= 15 is 0 Å². The molecule has 0 aliphatic carbocycles. The van der Waals surface area contributed by atoms with Crippen molar-refractivity contribution in [2.45, 2.75) is 12.1 Å². The summed E-state index contributed by atoms with van der Waals surface area (Å²) in [4.78, 5) is 12.6. The Balaban J connectivity index is 1.27. The first-order valence-corrected chi connectivity index (χ1v) is 13.3. The molecule has 0 unspecified atom stereocenters. The van der Waals surface area contributed by atoms with Crippen LogP contribution in [-0.2, 0) is 4.79 Å². The number of halogens is 1. The number of nitrogens with zero attached hydrogens (tertiary/aromatic N) is 4.